The minimum absolute atomic E-state index is 0.0477. The van der Waals surface area contributed by atoms with E-state index in [0.29, 0.717) is 25.1 Å². The molecule has 3 aliphatic heterocycles. The van der Waals surface area contributed by atoms with Crippen LogP contribution in [-0.4, -0.2) is 63.0 Å². The summed E-state index contributed by atoms with van der Waals surface area (Å²) >= 11 is 1.62. The van der Waals surface area contributed by atoms with E-state index in [1.807, 2.05) is 45.9 Å². The largest absolute Gasteiger partial charge is 0.494 e. The second kappa shape index (κ2) is 10.8. The monoisotopic (exact) mass is 551 g/mol. The number of nitrogens with zero attached hydrogens (tertiary/aromatic N) is 1. The molecular formula is C30H37N3O5S. The first-order valence-corrected chi connectivity index (χ1v) is 14.6. The van der Waals surface area contributed by atoms with Gasteiger partial charge in [-0.3, -0.25) is 14.4 Å². The second-order valence-electron chi connectivity index (χ2n) is 10.7. The van der Waals surface area contributed by atoms with Gasteiger partial charge in [0.2, 0.25) is 17.7 Å². The molecule has 3 amide bonds. The SMILES string of the molecule is CCOc1ccc(NC(=O)[C@@H]2[C@@H]3CCC4(S3)C(C(=O)Nc3c(C)cccc3C)N([C@@H](CC)CO)C(=O)[C@H]24)cc1. The molecule has 5 rings (SSSR count). The van der Waals surface area contributed by atoms with Crippen LogP contribution >= 0.6 is 11.8 Å². The van der Waals surface area contributed by atoms with Crippen LogP contribution in [0.5, 0.6) is 5.75 Å². The molecule has 9 heteroatoms. The number of aliphatic hydroxyl groups is 1. The molecule has 2 aromatic carbocycles. The molecule has 0 radical (unpaired) electrons. The zero-order valence-corrected chi connectivity index (χ0v) is 23.7. The highest BCUT2D eigenvalue weighted by Crippen LogP contribution is 2.66. The lowest BCUT2D eigenvalue weighted by Gasteiger charge is -2.37. The van der Waals surface area contributed by atoms with Crippen LogP contribution in [0.15, 0.2) is 42.5 Å². The summed E-state index contributed by atoms with van der Waals surface area (Å²) in [6, 6.07) is 11.8. The lowest BCUT2D eigenvalue weighted by atomic mass is 9.70. The Bertz CT molecular complexity index is 1240. The lowest BCUT2D eigenvalue weighted by Crippen LogP contribution is -2.54. The molecule has 0 aromatic heterocycles. The van der Waals surface area contributed by atoms with Crippen molar-refractivity contribution in [1.82, 2.24) is 4.90 Å². The number of carbonyl (C=O) groups is 3. The highest BCUT2D eigenvalue weighted by molar-refractivity contribution is 8.02. The summed E-state index contributed by atoms with van der Waals surface area (Å²) in [5.41, 5.74) is 3.27. The highest BCUT2D eigenvalue weighted by Gasteiger charge is 2.74. The molecule has 8 nitrogen and oxygen atoms in total. The molecule has 0 saturated carbocycles. The summed E-state index contributed by atoms with van der Waals surface area (Å²) in [6.45, 7) is 8.02. The van der Waals surface area contributed by atoms with Gasteiger partial charge in [-0.25, -0.2) is 0 Å². The molecule has 3 aliphatic rings. The minimum Gasteiger partial charge on any atom is -0.494 e. The number of benzene rings is 2. The zero-order chi connectivity index (χ0) is 27.9. The van der Waals surface area contributed by atoms with Gasteiger partial charge in [0.25, 0.3) is 0 Å². The molecule has 2 aromatic rings. The summed E-state index contributed by atoms with van der Waals surface area (Å²) in [7, 11) is 0. The quantitative estimate of drug-likeness (QED) is 0.432. The maximum Gasteiger partial charge on any atom is 0.248 e. The van der Waals surface area contributed by atoms with Crippen LogP contribution in [0, 0.1) is 25.7 Å². The van der Waals surface area contributed by atoms with E-state index in [1.54, 1.807) is 40.9 Å². The molecule has 6 atom stereocenters. The Morgan fingerprint density at radius 3 is 2.41 bits per heavy atom. The Kier molecular flexibility index (Phi) is 7.66. The fourth-order valence-electron chi connectivity index (χ4n) is 6.73. The first-order valence-electron chi connectivity index (χ1n) is 13.8. The number of ether oxygens (including phenoxy) is 1. The number of likely N-dealkylation sites (tertiary alicyclic amines) is 1. The number of carbonyl (C=O) groups excluding carboxylic acids is 3. The normalized spacial score (nSPS) is 27.8. The molecule has 3 heterocycles. The Morgan fingerprint density at radius 1 is 1.10 bits per heavy atom. The molecule has 2 unspecified atom stereocenters. The topological polar surface area (TPSA) is 108 Å². The van der Waals surface area contributed by atoms with Crippen molar-refractivity contribution in [1.29, 1.82) is 0 Å². The second-order valence-corrected chi connectivity index (χ2v) is 12.4. The van der Waals surface area contributed by atoms with Gasteiger partial charge >= 0.3 is 0 Å². The van der Waals surface area contributed by atoms with E-state index in [-0.39, 0.29) is 29.6 Å². The molecule has 39 heavy (non-hydrogen) atoms. The average Bonchev–Trinajstić information content (AvgIpc) is 3.56. The third kappa shape index (κ3) is 4.59. The van der Waals surface area contributed by atoms with E-state index < -0.39 is 28.7 Å². The summed E-state index contributed by atoms with van der Waals surface area (Å²) < 4.78 is 4.78. The van der Waals surface area contributed by atoms with Gasteiger partial charge < -0.3 is 25.4 Å². The standard InChI is InChI=1S/C30H37N3O5S/c1-5-20(16-34)33-26(28(36)32-25-17(3)8-7-9-18(25)4)30-15-14-22(39-30)23(24(30)29(33)37)27(35)31-19-10-12-21(13-11-19)38-6-2/h7-13,20,22-24,26,34H,5-6,14-16H2,1-4H3,(H,31,35)(H,32,36)/t20-,22-,23+,24-,26?,30?/m0/s1. The van der Waals surface area contributed by atoms with Crippen molar-refractivity contribution in [2.24, 2.45) is 11.8 Å². The van der Waals surface area contributed by atoms with E-state index in [4.69, 9.17) is 4.74 Å². The number of aryl methyl sites for hydroxylation is 2. The first-order chi connectivity index (χ1) is 18.7. The number of nitrogens with one attached hydrogen (secondary N) is 2. The van der Waals surface area contributed by atoms with Gasteiger partial charge in [-0.15, -0.1) is 11.8 Å². The van der Waals surface area contributed by atoms with Crippen LogP contribution in [-0.2, 0) is 14.4 Å². The molecule has 2 bridgehead atoms. The highest BCUT2D eigenvalue weighted by atomic mass is 32.2. The number of hydrogen-bond donors (Lipinski definition) is 3. The van der Waals surface area contributed by atoms with Crippen LogP contribution in [0.25, 0.3) is 0 Å². The molecule has 3 fully saturated rings. The number of para-hydroxylation sites is 1. The Labute approximate surface area is 233 Å². The fourth-order valence-corrected chi connectivity index (χ4v) is 8.93. The fraction of sp³-hybridized carbons (Fsp3) is 0.500. The van der Waals surface area contributed by atoms with Gasteiger partial charge in [-0.2, -0.15) is 0 Å². The number of amides is 3. The maximum atomic E-state index is 14.1. The summed E-state index contributed by atoms with van der Waals surface area (Å²) in [5, 5.41) is 16.3. The number of thioether (sulfide) groups is 1. The van der Waals surface area contributed by atoms with E-state index in [0.717, 1.165) is 29.0 Å². The predicted octanol–water partition coefficient (Wildman–Crippen LogP) is 4.14. The number of anilines is 2. The van der Waals surface area contributed by atoms with Crippen molar-refractivity contribution in [2.75, 3.05) is 23.8 Å². The summed E-state index contributed by atoms with van der Waals surface area (Å²) in [6.07, 6.45) is 1.94. The van der Waals surface area contributed by atoms with Gasteiger partial charge in [0.1, 0.15) is 11.8 Å². The van der Waals surface area contributed by atoms with Crippen molar-refractivity contribution in [2.45, 2.75) is 69.0 Å². The molecule has 208 valence electrons. The van der Waals surface area contributed by atoms with Crippen LogP contribution in [0.3, 0.4) is 0 Å². The molecule has 3 N–H and O–H groups in total. The third-order valence-corrected chi connectivity index (χ3v) is 10.5. The van der Waals surface area contributed by atoms with Crippen molar-refractivity contribution < 1.29 is 24.2 Å². The van der Waals surface area contributed by atoms with Crippen molar-refractivity contribution in [3.63, 3.8) is 0 Å². The Hall–Kier alpha value is -3.04. The molecule has 0 aliphatic carbocycles. The van der Waals surface area contributed by atoms with Crippen LogP contribution in [0.1, 0.15) is 44.2 Å². The lowest BCUT2D eigenvalue weighted by molar-refractivity contribution is -0.141. The minimum atomic E-state index is -0.774. The zero-order valence-electron chi connectivity index (χ0n) is 22.9. The number of rotatable bonds is 9. The van der Waals surface area contributed by atoms with E-state index >= 15 is 0 Å². The molecule has 3 saturated heterocycles. The Morgan fingerprint density at radius 2 is 1.79 bits per heavy atom. The number of hydrogen-bond acceptors (Lipinski definition) is 6. The van der Waals surface area contributed by atoms with E-state index in [9.17, 15) is 19.5 Å². The predicted molar refractivity (Wildman–Crippen MR) is 153 cm³/mol. The van der Waals surface area contributed by atoms with Gasteiger partial charge in [0.15, 0.2) is 0 Å². The third-order valence-electron chi connectivity index (χ3n) is 8.53. The van der Waals surface area contributed by atoms with E-state index in [2.05, 4.69) is 10.6 Å². The van der Waals surface area contributed by atoms with Crippen molar-refractivity contribution in [3.05, 3.63) is 53.6 Å². The molecule has 1 spiro atoms. The number of aliphatic hydroxyl groups excluding tert-OH is 1. The smallest absolute Gasteiger partial charge is 0.248 e. The van der Waals surface area contributed by atoms with Crippen LogP contribution in [0.2, 0.25) is 0 Å². The Balaban J connectivity index is 1.47. The average molecular weight is 552 g/mol. The summed E-state index contributed by atoms with van der Waals surface area (Å²) in [4.78, 5) is 43.5. The maximum absolute atomic E-state index is 14.1. The number of fused-ring (bicyclic) bond motifs is 1. The van der Waals surface area contributed by atoms with Gasteiger partial charge in [-0.05, 0) is 75.4 Å². The first kappa shape index (κ1) is 27.5. The van der Waals surface area contributed by atoms with E-state index in [1.165, 1.54) is 0 Å². The van der Waals surface area contributed by atoms with Crippen molar-refractivity contribution >= 4 is 40.9 Å². The van der Waals surface area contributed by atoms with Crippen LogP contribution in [0.4, 0.5) is 11.4 Å². The van der Waals surface area contributed by atoms with Gasteiger partial charge in [0, 0.05) is 16.6 Å². The van der Waals surface area contributed by atoms with Crippen molar-refractivity contribution in [3.8, 4) is 5.75 Å². The molecular weight excluding hydrogens is 514 g/mol. The summed E-state index contributed by atoms with van der Waals surface area (Å²) in [5.74, 6) is -1.13. The van der Waals surface area contributed by atoms with Gasteiger partial charge in [0.05, 0.1) is 35.8 Å². The van der Waals surface area contributed by atoms with Crippen LogP contribution < -0.4 is 15.4 Å². The van der Waals surface area contributed by atoms with Gasteiger partial charge in [-0.1, -0.05) is 25.1 Å².